The molecule has 2 aliphatic rings. The Balaban J connectivity index is 0.00000300. The molecule has 1 aliphatic carbocycles. The van der Waals surface area contributed by atoms with Gasteiger partial charge in [0.25, 0.3) is 0 Å². The Labute approximate surface area is 191 Å². The van der Waals surface area contributed by atoms with E-state index in [1.54, 1.807) is 0 Å². The molecule has 3 N–H and O–H groups in total. The molecule has 0 bridgehead atoms. The molecule has 0 aromatic heterocycles. The number of carbonyl (C=O) groups is 1. The Morgan fingerprint density at radius 3 is 2.48 bits per heavy atom. The second-order valence-corrected chi connectivity index (χ2v) is 8.17. The number of rotatable bonds is 5. The summed E-state index contributed by atoms with van der Waals surface area (Å²) in [6.45, 7) is 8.81. The largest absolute Gasteiger partial charge is 0.507 e. The number of halogens is 1. The van der Waals surface area contributed by atoms with Crippen molar-refractivity contribution in [2.24, 2.45) is 10.9 Å². The molecule has 29 heavy (non-hydrogen) atoms. The fourth-order valence-electron chi connectivity index (χ4n) is 4.33. The maximum absolute atomic E-state index is 12.6. The second kappa shape index (κ2) is 11.0. The van der Waals surface area contributed by atoms with Crippen molar-refractivity contribution in [2.45, 2.75) is 65.5 Å². The highest BCUT2D eigenvalue weighted by Gasteiger charge is 2.32. The highest BCUT2D eigenvalue weighted by Crippen LogP contribution is 2.28. The van der Waals surface area contributed by atoms with Crippen LogP contribution in [0.4, 0.5) is 0 Å². The minimum Gasteiger partial charge on any atom is -0.507 e. The van der Waals surface area contributed by atoms with E-state index in [0.717, 1.165) is 61.5 Å². The standard InChI is InChI=1S/C22H34N4O2.HI/c1-4-23-22(24-13-17-11-15(2)20(27)16(3)12-17)25-19-9-10-26(14-19)21(28)18-7-5-6-8-18;/h11-12,18-19,27H,4-10,13-14H2,1-3H3,(H2,23,24,25);1H. The average Bonchev–Trinajstić information content (AvgIpc) is 3.36. The van der Waals surface area contributed by atoms with Gasteiger partial charge >= 0.3 is 0 Å². The lowest BCUT2D eigenvalue weighted by molar-refractivity contribution is -0.134. The SMILES string of the molecule is CCNC(=NCc1cc(C)c(O)c(C)c1)NC1CCN(C(=O)C2CCCC2)C1.I. The van der Waals surface area contributed by atoms with Gasteiger partial charge in [0.2, 0.25) is 5.91 Å². The molecule has 0 radical (unpaired) electrons. The number of guanidine groups is 1. The normalized spacial score (nSPS) is 19.9. The van der Waals surface area contributed by atoms with E-state index < -0.39 is 0 Å². The smallest absolute Gasteiger partial charge is 0.225 e. The van der Waals surface area contributed by atoms with Crippen LogP contribution in [-0.2, 0) is 11.3 Å². The molecule has 1 heterocycles. The Morgan fingerprint density at radius 1 is 1.21 bits per heavy atom. The molecule has 1 unspecified atom stereocenters. The molecule has 162 valence electrons. The first-order valence-electron chi connectivity index (χ1n) is 10.6. The van der Waals surface area contributed by atoms with E-state index in [2.05, 4.69) is 17.6 Å². The van der Waals surface area contributed by atoms with Gasteiger partial charge in [-0.3, -0.25) is 4.79 Å². The highest BCUT2D eigenvalue weighted by atomic mass is 127. The lowest BCUT2D eigenvalue weighted by atomic mass is 10.1. The maximum Gasteiger partial charge on any atom is 0.225 e. The number of hydrogen-bond donors (Lipinski definition) is 3. The van der Waals surface area contributed by atoms with Crippen molar-refractivity contribution in [1.29, 1.82) is 0 Å². The molecule has 1 saturated heterocycles. The number of phenols is 1. The third-order valence-corrected chi connectivity index (χ3v) is 5.86. The lowest BCUT2D eigenvalue weighted by Crippen LogP contribution is -2.45. The molecular formula is C22H35IN4O2. The van der Waals surface area contributed by atoms with Gasteiger partial charge in [-0.15, -0.1) is 24.0 Å². The van der Waals surface area contributed by atoms with Crippen molar-refractivity contribution in [2.75, 3.05) is 19.6 Å². The molecule has 2 fully saturated rings. The highest BCUT2D eigenvalue weighted by molar-refractivity contribution is 14.0. The van der Waals surface area contributed by atoms with Crippen LogP contribution in [0, 0.1) is 19.8 Å². The zero-order valence-electron chi connectivity index (χ0n) is 17.8. The molecule has 1 aromatic rings. The van der Waals surface area contributed by atoms with Gasteiger partial charge in [0.1, 0.15) is 5.75 Å². The molecule has 1 aromatic carbocycles. The summed E-state index contributed by atoms with van der Waals surface area (Å²) in [6, 6.07) is 4.20. The quantitative estimate of drug-likeness (QED) is 0.320. The fourth-order valence-corrected chi connectivity index (χ4v) is 4.33. The summed E-state index contributed by atoms with van der Waals surface area (Å²) in [5.74, 6) is 1.74. The third-order valence-electron chi connectivity index (χ3n) is 5.86. The van der Waals surface area contributed by atoms with Crippen LogP contribution in [0.5, 0.6) is 5.75 Å². The summed E-state index contributed by atoms with van der Waals surface area (Å²) in [6.07, 6.45) is 5.46. The van der Waals surface area contributed by atoms with Crippen LogP contribution in [0.15, 0.2) is 17.1 Å². The molecule has 1 atom stereocenters. The number of nitrogens with one attached hydrogen (secondary N) is 2. The maximum atomic E-state index is 12.6. The Morgan fingerprint density at radius 2 is 1.86 bits per heavy atom. The monoisotopic (exact) mass is 514 g/mol. The fraction of sp³-hybridized carbons (Fsp3) is 0.636. The van der Waals surface area contributed by atoms with E-state index >= 15 is 0 Å². The van der Waals surface area contributed by atoms with Crippen molar-refractivity contribution in [3.63, 3.8) is 0 Å². The van der Waals surface area contributed by atoms with Crippen molar-refractivity contribution >= 4 is 35.8 Å². The molecule has 3 rings (SSSR count). The van der Waals surface area contributed by atoms with Crippen LogP contribution < -0.4 is 10.6 Å². The minimum atomic E-state index is 0. The number of likely N-dealkylation sites (tertiary alicyclic amines) is 1. The second-order valence-electron chi connectivity index (χ2n) is 8.17. The number of amides is 1. The van der Waals surface area contributed by atoms with Gasteiger partial charge in [-0.05, 0) is 56.7 Å². The number of nitrogens with zero attached hydrogens (tertiary/aromatic N) is 2. The Kier molecular flexibility index (Phi) is 9.04. The van der Waals surface area contributed by atoms with E-state index in [0.29, 0.717) is 18.2 Å². The number of aryl methyl sites for hydroxylation is 2. The molecule has 0 spiro atoms. The van der Waals surface area contributed by atoms with Crippen LogP contribution in [0.25, 0.3) is 0 Å². The lowest BCUT2D eigenvalue weighted by Gasteiger charge is -2.21. The van der Waals surface area contributed by atoms with Crippen molar-refractivity contribution < 1.29 is 9.90 Å². The first kappa shape index (κ1) is 23.8. The summed E-state index contributed by atoms with van der Waals surface area (Å²) in [5, 5.41) is 16.7. The first-order chi connectivity index (χ1) is 13.5. The molecular weight excluding hydrogens is 479 g/mol. The van der Waals surface area contributed by atoms with Gasteiger partial charge in [0.05, 0.1) is 6.54 Å². The van der Waals surface area contributed by atoms with Gasteiger partial charge in [-0.2, -0.15) is 0 Å². The number of aromatic hydroxyl groups is 1. The van der Waals surface area contributed by atoms with Gasteiger partial charge in [0, 0.05) is 31.6 Å². The van der Waals surface area contributed by atoms with Crippen molar-refractivity contribution in [1.82, 2.24) is 15.5 Å². The number of benzene rings is 1. The summed E-state index contributed by atoms with van der Waals surface area (Å²) < 4.78 is 0. The summed E-state index contributed by atoms with van der Waals surface area (Å²) in [5.41, 5.74) is 2.83. The molecule has 1 aliphatic heterocycles. The summed E-state index contributed by atoms with van der Waals surface area (Å²) in [4.78, 5) is 19.4. The van der Waals surface area contributed by atoms with Crippen LogP contribution in [0.3, 0.4) is 0 Å². The van der Waals surface area contributed by atoms with E-state index in [-0.39, 0.29) is 35.9 Å². The molecule has 1 amide bonds. The van der Waals surface area contributed by atoms with Crippen molar-refractivity contribution in [3.05, 3.63) is 28.8 Å². The predicted molar refractivity (Wildman–Crippen MR) is 128 cm³/mol. The molecule has 1 saturated carbocycles. The van der Waals surface area contributed by atoms with E-state index in [9.17, 15) is 9.90 Å². The van der Waals surface area contributed by atoms with Gasteiger partial charge in [-0.1, -0.05) is 25.0 Å². The van der Waals surface area contributed by atoms with Gasteiger partial charge < -0.3 is 20.6 Å². The first-order valence-corrected chi connectivity index (χ1v) is 10.6. The topological polar surface area (TPSA) is 77.0 Å². The summed E-state index contributed by atoms with van der Waals surface area (Å²) in [7, 11) is 0. The average molecular weight is 514 g/mol. The molecule has 7 heteroatoms. The van der Waals surface area contributed by atoms with Crippen LogP contribution >= 0.6 is 24.0 Å². The number of carbonyl (C=O) groups excluding carboxylic acids is 1. The Bertz CT molecular complexity index is 709. The van der Waals surface area contributed by atoms with Gasteiger partial charge in [-0.25, -0.2) is 4.99 Å². The van der Waals surface area contributed by atoms with Crippen LogP contribution in [0.2, 0.25) is 0 Å². The molecule has 6 nitrogen and oxygen atoms in total. The zero-order valence-corrected chi connectivity index (χ0v) is 20.2. The zero-order chi connectivity index (χ0) is 20.1. The van der Waals surface area contributed by atoms with E-state index in [4.69, 9.17) is 4.99 Å². The van der Waals surface area contributed by atoms with Crippen LogP contribution in [-0.4, -0.2) is 47.5 Å². The Hall–Kier alpha value is -1.51. The van der Waals surface area contributed by atoms with E-state index in [1.165, 1.54) is 12.8 Å². The minimum absolute atomic E-state index is 0. The van der Waals surface area contributed by atoms with Crippen LogP contribution in [0.1, 0.15) is 55.7 Å². The van der Waals surface area contributed by atoms with Gasteiger partial charge in [0.15, 0.2) is 5.96 Å². The third kappa shape index (κ3) is 6.23. The number of aliphatic imine (C=N–C) groups is 1. The van der Waals surface area contributed by atoms with Crippen molar-refractivity contribution in [3.8, 4) is 5.75 Å². The van der Waals surface area contributed by atoms with E-state index in [1.807, 2.05) is 30.9 Å². The summed E-state index contributed by atoms with van der Waals surface area (Å²) >= 11 is 0. The number of phenolic OH excluding ortho intramolecular Hbond substituents is 1. The number of hydrogen-bond acceptors (Lipinski definition) is 3. The predicted octanol–water partition coefficient (Wildman–Crippen LogP) is 3.47.